The van der Waals surface area contributed by atoms with Gasteiger partial charge in [-0.1, -0.05) is 25.1 Å². The Kier molecular flexibility index (Phi) is 6.72. The van der Waals surface area contributed by atoms with Gasteiger partial charge in [-0.05, 0) is 60.1 Å². The van der Waals surface area contributed by atoms with Gasteiger partial charge >= 0.3 is 12.4 Å². The maximum atomic E-state index is 13.9. The fourth-order valence-corrected chi connectivity index (χ4v) is 4.45. The molecule has 2 aromatic carbocycles. The van der Waals surface area contributed by atoms with E-state index in [2.05, 4.69) is 11.1 Å². The predicted molar refractivity (Wildman–Crippen MR) is 106 cm³/mol. The van der Waals surface area contributed by atoms with Gasteiger partial charge in [0.15, 0.2) is 6.10 Å². The second kappa shape index (κ2) is 8.74. The van der Waals surface area contributed by atoms with Crippen molar-refractivity contribution in [1.82, 2.24) is 0 Å². The van der Waals surface area contributed by atoms with E-state index in [4.69, 9.17) is 4.74 Å². The van der Waals surface area contributed by atoms with Crippen molar-refractivity contribution in [2.45, 2.75) is 57.2 Å². The minimum atomic E-state index is -5.09. The Hall–Kier alpha value is -2.01. The zero-order valence-corrected chi connectivity index (χ0v) is 18.1. The van der Waals surface area contributed by atoms with Gasteiger partial charge in [-0.2, -0.15) is 34.8 Å². The predicted octanol–water partition coefficient (Wildman–Crippen LogP) is 6.40. The Morgan fingerprint density at radius 3 is 2.12 bits per heavy atom. The van der Waals surface area contributed by atoms with Crippen LogP contribution in [0.4, 0.5) is 26.3 Å². The molecule has 2 aromatic rings. The first-order valence-corrected chi connectivity index (χ1v) is 11.7. The Labute approximate surface area is 181 Å². The monoisotopic (exact) mass is 484 g/mol. The molecule has 11 heteroatoms. The third-order valence-corrected chi connectivity index (χ3v) is 5.96. The molecule has 178 valence electrons. The normalized spacial score (nSPS) is 21.5. The van der Waals surface area contributed by atoms with Crippen LogP contribution in [0.25, 0.3) is 10.8 Å². The Bertz CT molecular complexity index is 1070. The summed E-state index contributed by atoms with van der Waals surface area (Å²) < 4.78 is 114. The van der Waals surface area contributed by atoms with Crippen LogP contribution in [0.2, 0.25) is 0 Å². The van der Waals surface area contributed by atoms with Crippen molar-refractivity contribution in [2.75, 3.05) is 6.26 Å². The molecule has 0 amide bonds. The Balaban J connectivity index is 2.05. The van der Waals surface area contributed by atoms with Crippen LogP contribution >= 0.6 is 0 Å². The average molecular weight is 484 g/mol. The smallest absolute Gasteiger partial charge is 0.420 e. The molecular weight excluding hydrogens is 462 g/mol. The molecule has 0 heterocycles. The van der Waals surface area contributed by atoms with Crippen LogP contribution in [-0.4, -0.2) is 27.0 Å². The third kappa shape index (κ3) is 5.86. The van der Waals surface area contributed by atoms with Crippen LogP contribution in [-0.2, 0) is 20.5 Å². The van der Waals surface area contributed by atoms with Gasteiger partial charge in [-0.3, -0.25) is 4.18 Å². The molecule has 32 heavy (non-hydrogen) atoms. The summed E-state index contributed by atoms with van der Waals surface area (Å²) in [5, 5.41) is -0.492. The lowest BCUT2D eigenvalue weighted by Crippen LogP contribution is -2.26. The van der Waals surface area contributed by atoms with Crippen molar-refractivity contribution >= 4 is 20.9 Å². The second-order valence-corrected chi connectivity index (χ2v) is 9.74. The van der Waals surface area contributed by atoms with Gasteiger partial charge in [0.05, 0.1) is 12.4 Å². The van der Waals surface area contributed by atoms with Gasteiger partial charge in [0.25, 0.3) is 10.1 Å². The number of fused-ring (bicyclic) bond motifs is 1. The summed E-state index contributed by atoms with van der Waals surface area (Å²) in [7, 11) is -4.49. The highest BCUT2D eigenvalue weighted by atomic mass is 32.2. The molecule has 0 saturated heterocycles. The van der Waals surface area contributed by atoms with E-state index < -0.39 is 39.7 Å². The molecule has 0 aromatic heterocycles. The van der Waals surface area contributed by atoms with Crippen molar-refractivity contribution in [2.24, 2.45) is 5.92 Å². The number of alkyl halides is 6. The molecule has 0 aliphatic heterocycles. The van der Waals surface area contributed by atoms with Crippen LogP contribution in [0, 0.1) is 5.92 Å². The molecule has 1 aliphatic carbocycles. The lowest BCUT2D eigenvalue weighted by Gasteiger charge is -2.28. The summed E-state index contributed by atoms with van der Waals surface area (Å²) in [6.07, 6.45) is -9.75. The molecule has 1 aliphatic rings. The van der Waals surface area contributed by atoms with Crippen molar-refractivity contribution in [1.29, 1.82) is 0 Å². The fourth-order valence-electron chi connectivity index (χ4n) is 3.88. The molecule has 1 fully saturated rings. The highest BCUT2D eigenvalue weighted by molar-refractivity contribution is 7.86. The quantitative estimate of drug-likeness (QED) is 0.364. The minimum Gasteiger partial charge on any atom is -0.490 e. The van der Waals surface area contributed by atoms with Crippen LogP contribution < -0.4 is 4.74 Å². The zero-order chi connectivity index (χ0) is 23.9. The number of hydrogen-bond donors (Lipinski definition) is 0. The van der Waals surface area contributed by atoms with E-state index in [1.807, 2.05) is 0 Å². The van der Waals surface area contributed by atoms with Crippen molar-refractivity contribution in [3.63, 3.8) is 0 Å². The summed E-state index contributed by atoms with van der Waals surface area (Å²) in [6.45, 7) is 2.06. The summed E-state index contributed by atoms with van der Waals surface area (Å²) in [5.41, 5.74) is -1.70. The average Bonchev–Trinajstić information content (AvgIpc) is 2.65. The van der Waals surface area contributed by atoms with E-state index >= 15 is 0 Å². The minimum absolute atomic E-state index is 0.147. The molecule has 0 radical (unpaired) electrons. The van der Waals surface area contributed by atoms with Gasteiger partial charge in [0.1, 0.15) is 11.3 Å². The Morgan fingerprint density at radius 2 is 1.59 bits per heavy atom. The second-order valence-electron chi connectivity index (χ2n) is 8.14. The molecule has 1 unspecified atom stereocenters. The van der Waals surface area contributed by atoms with E-state index in [0.717, 1.165) is 37.1 Å². The number of ether oxygens (including phenoxy) is 1. The molecule has 4 nitrogen and oxygen atoms in total. The van der Waals surface area contributed by atoms with Gasteiger partial charge in [0.2, 0.25) is 0 Å². The van der Waals surface area contributed by atoms with Crippen LogP contribution in [0.15, 0.2) is 30.3 Å². The van der Waals surface area contributed by atoms with Crippen LogP contribution in [0.3, 0.4) is 0 Å². The lowest BCUT2D eigenvalue weighted by molar-refractivity contribution is -0.196. The number of hydrogen-bond acceptors (Lipinski definition) is 4. The van der Waals surface area contributed by atoms with E-state index in [1.165, 1.54) is 6.07 Å². The molecule has 3 rings (SSSR count). The highest BCUT2D eigenvalue weighted by Gasteiger charge is 2.45. The largest absolute Gasteiger partial charge is 0.490 e. The number of halogens is 6. The topological polar surface area (TPSA) is 52.6 Å². The van der Waals surface area contributed by atoms with Crippen molar-refractivity contribution in [3.8, 4) is 5.75 Å². The molecule has 0 bridgehead atoms. The van der Waals surface area contributed by atoms with E-state index in [1.54, 1.807) is 0 Å². The highest BCUT2D eigenvalue weighted by Crippen LogP contribution is 2.44. The standard InChI is InChI=1S/C21H22F6O4S/c1-12-3-7-15(8-4-12)30-17-10-6-13-11-14(5-9-16(13)18(17)20(22,23)24)19(21(25,26)27)31-32(2,28)29/h5-6,9-12,15,19H,3-4,7-8H2,1-2H3. The van der Waals surface area contributed by atoms with E-state index in [9.17, 15) is 34.8 Å². The van der Waals surface area contributed by atoms with Crippen LogP contribution in [0.1, 0.15) is 49.8 Å². The van der Waals surface area contributed by atoms with E-state index in [-0.39, 0.29) is 22.6 Å². The maximum absolute atomic E-state index is 13.9. The summed E-state index contributed by atoms with van der Waals surface area (Å²) in [6, 6.07) is 4.83. The first-order valence-electron chi connectivity index (χ1n) is 9.90. The van der Waals surface area contributed by atoms with E-state index in [0.29, 0.717) is 25.0 Å². The molecule has 1 atom stereocenters. The molecular formula is C21H22F6O4S. The molecule has 0 spiro atoms. The van der Waals surface area contributed by atoms with Crippen LogP contribution in [0.5, 0.6) is 5.75 Å². The first kappa shape index (κ1) is 24.6. The Morgan fingerprint density at radius 1 is 0.969 bits per heavy atom. The van der Waals surface area contributed by atoms with Crippen molar-refractivity contribution in [3.05, 3.63) is 41.5 Å². The third-order valence-electron chi connectivity index (χ3n) is 5.42. The first-order chi connectivity index (χ1) is 14.6. The summed E-state index contributed by atoms with van der Waals surface area (Å²) in [5.74, 6) is 0.0970. The fraction of sp³-hybridized carbons (Fsp3) is 0.524. The molecule has 0 N–H and O–H groups in total. The number of benzene rings is 2. The summed E-state index contributed by atoms with van der Waals surface area (Å²) in [4.78, 5) is 0. The van der Waals surface area contributed by atoms with Gasteiger partial charge < -0.3 is 4.74 Å². The van der Waals surface area contributed by atoms with Gasteiger partial charge in [-0.25, -0.2) is 0 Å². The van der Waals surface area contributed by atoms with Gasteiger partial charge in [0, 0.05) is 0 Å². The summed E-state index contributed by atoms with van der Waals surface area (Å²) >= 11 is 0. The van der Waals surface area contributed by atoms with Gasteiger partial charge in [-0.15, -0.1) is 0 Å². The maximum Gasteiger partial charge on any atom is 0.420 e. The zero-order valence-electron chi connectivity index (χ0n) is 17.3. The lowest BCUT2D eigenvalue weighted by atomic mass is 9.89. The SMILES string of the molecule is CC1CCC(Oc2ccc3cc(C(OS(C)(=O)=O)C(F)(F)F)ccc3c2C(F)(F)F)CC1. The molecule has 1 saturated carbocycles. The number of rotatable bonds is 5. The van der Waals surface area contributed by atoms with Crippen molar-refractivity contribution < 1.29 is 43.7 Å².